The summed E-state index contributed by atoms with van der Waals surface area (Å²) in [4.78, 5) is 63.2. The van der Waals surface area contributed by atoms with Crippen LogP contribution in [0.4, 0.5) is 0 Å². The van der Waals surface area contributed by atoms with Crippen LogP contribution in [0.25, 0.3) is 0 Å². The van der Waals surface area contributed by atoms with Gasteiger partial charge >= 0.3 is 11.9 Å². The molecule has 1 aromatic rings. The number of aliphatic carboxylic acids is 2. The highest BCUT2D eigenvalue weighted by Gasteiger charge is 2.38. The molecule has 2 rings (SSSR count). The number of nitrogens with one attached hydrogen (secondary N) is 2. The number of rotatable bonds is 13. The minimum absolute atomic E-state index is 0.228. The molecule has 6 N–H and O–H groups in total. The molecule has 0 saturated carbocycles. The molecule has 1 heterocycles. The van der Waals surface area contributed by atoms with Crippen LogP contribution in [0.1, 0.15) is 51.5 Å². The van der Waals surface area contributed by atoms with E-state index >= 15 is 0 Å². The molecule has 1 aliphatic heterocycles. The van der Waals surface area contributed by atoms with Crippen molar-refractivity contribution < 1.29 is 34.2 Å². The van der Waals surface area contributed by atoms with Crippen molar-refractivity contribution in [1.82, 2.24) is 15.5 Å². The first-order valence-electron chi connectivity index (χ1n) is 12.2. The van der Waals surface area contributed by atoms with Gasteiger partial charge in [0, 0.05) is 13.0 Å². The van der Waals surface area contributed by atoms with E-state index in [-0.39, 0.29) is 18.2 Å². The summed E-state index contributed by atoms with van der Waals surface area (Å²) in [7, 11) is 0. The summed E-state index contributed by atoms with van der Waals surface area (Å²) >= 11 is 0. The van der Waals surface area contributed by atoms with E-state index in [1.807, 2.05) is 30.3 Å². The van der Waals surface area contributed by atoms with Gasteiger partial charge in [-0.05, 0) is 37.2 Å². The highest BCUT2D eigenvalue weighted by atomic mass is 16.4. The molecule has 11 heteroatoms. The molecular formula is C25H36N4O7. The number of amides is 3. The van der Waals surface area contributed by atoms with Crippen molar-refractivity contribution >= 4 is 29.7 Å². The molecular weight excluding hydrogens is 468 g/mol. The Kier molecular flexibility index (Phi) is 10.8. The smallest absolute Gasteiger partial charge is 0.326 e. The van der Waals surface area contributed by atoms with Gasteiger partial charge in [-0.15, -0.1) is 0 Å². The Morgan fingerprint density at radius 3 is 2.36 bits per heavy atom. The highest BCUT2D eigenvalue weighted by molar-refractivity contribution is 5.94. The van der Waals surface area contributed by atoms with Gasteiger partial charge in [0.15, 0.2) is 0 Å². The highest BCUT2D eigenvalue weighted by Crippen LogP contribution is 2.20. The summed E-state index contributed by atoms with van der Waals surface area (Å²) in [5.74, 6) is -4.53. The number of nitrogens with two attached hydrogens (primary N) is 1. The van der Waals surface area contributed by atoms with E-state index < -0.39 is 54.3 Å². The zero-order chi connectivity index (χ0) is 26.8. The van der Waals surface area contributed by atoms with Crippen LogP contribution in [-0.4, -0.2) is 75.5 Å². The lowest BCUT2D eigenvalue weighted by Gasteiger charge is -2.29. The maximum Gasteiger partial charge on any atom is 0.326 e. The van der Waals surface area contributed by atoms with Gasteiger partial charge in [-0.3, -0.25) is 19.2 Å². The van der Waals surface area contributed by atoms with Crippen molar-refractivity contribution in [2.45, 2.75) is 76.5 Å². The van der Waals surface area contributed by atoms with Crippen molar-refractivity contribution in [3.05, 3.63) is 35.9 Å². The first kappa shape index (κ1) is 28.8. The van der Waals surface area contributed by atoms with E-state index in [0.29, 0.717) is 32.2 Å². The molecule has 0 aliphatic carbocycles. The number of carbonyl (C=O) groups is 5. The van der Waals surface area contributed by atoms with Gasteiger partial charge in [0.1, 0.15) is 18.1 Å². The monoisotopic (exact) mass is 504 g/mol. The van der Waals surface area contributed by atoms with Gasteiger partial charge in [0.2, 0.25) is 17.7 Å². The van der Waals surface area contributed by atoms with Gasteiger partial charge in [-0.2, -0.15) is 0 Å². The zero-order valence-corrected chi connectivity index (χ0v) is 20.7. The lowest BCUT2D eigenvalue weighted by Crippen LogP contribution is -2.57. The average molecular weight is 505 g/mol. The molecule has 11 nitrogen and oxygen atoms in total. The zero-order valence-electron chi connectivity index (χ0n) is 20.7. The van der Waals surface area contributed by atoms with Crippen LogP contribution in [-0.2, 0) is 30.4 Å². The van der Waals surface area contributed by atoms with E-state index in [2.05, 4.69) is 10.6 Å². The van der Waals surface area contributed by atoms with Crippen molar-refractivity contribution in [2.24, 2.45) is 11.7 Å². The summed E-state index contributed by atoms with van der Waals surface area (Å²) in [5, 5.41) is 23.5. The van der Waals surface area contributed by atoms with E-state index in [1.54, 1.807) is 13.8 Å². The molecule has 0 aromatic heterocycles. The maximum atomic E-state index is 13.1. The quantitative estimate of drug-likeness (QED) is 0.258. The Morgan fingerprint density at radius 2 is 1.78 bits per heavy atom. The second kappa shape index (κ2) is 13.6. The van der Waals surface area contributed by atoms with Crippen LogP contribution in [0.15, 0.2) is 30.3 Å². The van der Waals surface area contributed by atoms with E-state index in [1.165, 1.54) is 4.90 Å². The molecule has 1 aromatic carbocycles. The molecule has 36 heavy (non-hydrogen) atoms. The number of carbonyl (C=O) groups excluding carboxylic acids is 3. The molecule has 1 saturated heterocycles. The summed E-state index contributed by atoms with van der Waals surface area (Å²) < 4.78 is 0. The van der Waals surface area contributed by atoms with Crippen LogP contribution in [0.5, 0.6) is 0 Å². The molecule has 1 aliphatic rings. The Labute approximate surface area is 210 Å². The van der Waals surface area contributed by atoms with E-state index in [4.69, 9.17) is 10.8 Å². The molecule has 0 radical (unpaired) electrons. The van der Waals surface area contributed by atoms with Gasteiger partial charge in [-0.25, -0.2) is 4.79 Å². The first-order chi connectivity index (χ1) is 17.0. The molecule has 1 fully saturated rings. The van der Waals surface area contributed by atoms with Crippen molar-refractivity contribution in [2.75, 3.05) is 6.54 Å². The summed E-state index contributed by atoms with van der Waals surface area (Å²) in [6.07, 6.45) is 1.10. The lowest BCUT2D eigenvalue weighted by atomic mass is 9.98. The predicted molar refractivity (Wildman–Crippen MR) is 131 cm³/mol. The third kappa shape index (κ3) is 8.04. The number of hydrogen-bond donors (Lipinski definition) is 5. The molecule has 5 unspecified atom stereocenters. The van der Waals surface area contributed by atoms with Crippen LogP contribution in [0, 0.1) is 5.92 Å². The van der Waals surface area contributed by atoms with E-state index in [9.17, 15) is 29.1 Å². The van der Waals surface area contributed by atoms with Gasteiger partial charge < -0.3 is 31.5 Å². The van der Waals surface area contributed by atoms with Gasteiger partial charge in [0.25, 0.3) is 0 Å². The average Bonchev–Trinajstić information content (AvgIpc) is 3.34. The Bertz CT molecular complexity index is 940. The van der Waals surface area contributed by atoms with Crippen LogP contribution < -0.4 is 16.4 Å². The lowest BCUT2D eigenvalue weighted by molar-refractivity contribution is -0.145. The molecule has 5 atom stereocenters. The third-order valence-corrected chi connectivity index (χ3v) is 6.51. The third-order valence-electron chi connectivity index (χ3n) is 6.51. The van der Waals surface area contributed by atoms with Crippen LogP contribution in [0.2, 0.25) is 0 Å². The minimum Gasteiger partial charge on any atom is -0.481 e. The topological polar surface area (TPSA) is 179 Å². The van der Waals surface area contributed by atoms with Crippen molar-refractivity contribution in [1.29, 1.82) is 0 Å². The fourth-order valence-corrected chi connectivity index (χ4v) is 4.21. The Hall–Kier alpha value is -3.47. The van der Waals surface area contributed by atoms with Crippen molar-refractivity contribution in [3.8, 4) is 0 Å². The Morgan fingerprint density at radius 1 is 1.11 bits per heavy atom. The van der Waals surface area contributed by atoms with Gasteiger partial charge in [0.05, 0.1) is 6.04 Å². The minimum atomic E-state index is -1.27. The number of benzene rings is 1. The number of carboxylic acids is 2. The largest absolute Gasteiger partial charge is 0.481 e. The molecule has 0 spiro atoms. The summed E-state index contributed by atoms with van der Waals surface area (Å²) in [5.41, 5.74) is 7.03. The normalized spacial score (nSPS) is 18.5. The second-order valence-electron chi connectivity index (χ2n) is 9.19. The van der Waals surface area contributed by atoms with Gasteiger partial charge in [-0.1, -0.05) is 50.6 Å². The van der Waals surface area contributed by atoms with Crippen LogP contribution >= 0.6 is 0 Å². The summed E-state index contributed by atoms with van der Waals surface area (Å²) in [6.45, 7) is 3.79. The van der Waals surface area contributed by atoms with E-state index in [0.717, 1.165) is 5.56 Å². The summed E-state index contributed by atoms with van der Waals surface area (Å²) in [6, 6.07) is 5.10. The number of nitrogens with zero attached hydrogens (tertiary/aromatic N) is 1. The molecule has 3 amide bonds. The maximum absolute atomic E-state index is 13.1. The predicted octanol–water partition coefficient (Wildman–Crippen LogP) is 0.513. The second-order valence-corrected chi connectivity index (χ2v) is 9.19. The van der Waals surface area contributed by atoms with Crippen molar-refractivity contribution in [3.63, 3.8) is 0 Å². The SMILES string of the molecule is CCC(C)C(NC(=O)C(CCC(=O)O)NC(=O)C1CCCN1C(=O)C(N)Cc1ccccc1)C(=O)O. The standard InChI is InChI=1S/C25H36N4O7/c1-3-15(2)21(25(35)36)28-22(32)18(11-12-20(30)31)27-23(33)19-10-7-13-29(19)24(34)17(26)14-16-8-5-4-6-9-16/h4-6,8-9,15,17-19,21H,3,7,10-14,26H2,1-2H3,(H,27,33)(H,28,32)(H,30,31)(H,35,36). The molecule has 198 valence electrons. The first-order valence-corrected chi connectivity index (χ1v) is 12.2. The number of likely N-dealkylation sites (tertiary alicyclic amines) is 1. The fraction of sp³-hybridized carbons (Fsp3) is 0.560. The Balaban J connectivity index is 2.11. The number of carboxylic acid groups (broad SMARTS) is 2. The number of hydrogen-bond acceptors (Lipinski definition) is 6. The molecule has 0 bridgehead atoms. The fourth-order valence-electron chi connectivity index (χ4n) is 4.21. The van der Waals surface area contributed by atoms with Crippen LogP contribution in [0.3, 0.4) is 0 Å².